The van der Waals surface area contributed by atoms with Gasteiger partial charge in [-0.1, -0.05) is 13.8 Å². The molecule has 2 aromatic rings. The van der Waals surface area contributed by atoms with Gasteiger partial charge in [-0.25, -0.2) is 9.78 Å². The van der Waals surface area contributed by atoms with E-state index in [0.717, 1.165) is 25.3 Å². The Morgan fingerprint density at radius 1 is 1.31 bits per heavy atom. The number of benzene rings is 1. The summed E-state index contributed by atoms with van der Waals surface area (Å²) in [5, 5.41) is 0. The molecule has 1 saturated heterocycles. The fourth-order valence-corrected chi connectivity index (χ4v) is 3.77. The molecule has 1 aromatic carbocycles. The Kier molecular flexibility index (Phi) is 3.89. The van der Waals surface area contributed by atoms with Gasteiger partial charge in [0, 0.05) is 12.5 Å². The molecule has 1 aliphatic heterocycles. The number of carbonyl (C=O) groups excluding carboxylic acids is 1. The molecule has 140 valence electrons. The van der Waals surface area contributed by atoms with Crippen molar-refractivity contribution in [1.29, 1.82) is 0 Å². The van der Waals surface area contributed by atoms with Crippen molar-refractivity contribution in [3.05, 3.63) is 29.2 Å². The summed E-state index contributed by atoms with van der Waals surface area (Å²) in [6.45, 7) is 3.68. The van der Waals surface area contributed by atoms with Crippen LogP contribution < -0.4 is 0 Å². The molecule has 8 heteroatoms. The molecule has 0 spiro atoms. The SMILES string of the molecule is CC(C)c1nc2cc(CN3C(=O)O[C@@H]4CCCC43)cc(C(F)(F)F)c2o1. The maximum Gasteiger partial charge on any atom is 0.420 e. The van der Waals surface area contributed by atoms with Gasteiger partial charge in [-0.15, -0.1) is 0 Å². The Labute approximate surface area is 148 Å². The molecule has 5 nitrogen and oxygen atoms in total. The first-order valence-corrected chi connectivity index (χ1v) is 8.72. The molecule has 2 aliphatic rings. The molecule has 1 aliphatic carbocycles. The van der Waals surface area contributed by atoms with E-state index in [-0.39, 0.29) is 41.6 Å². The number of halogens is 3. The van der Waals surface area contributed by atoms with Gasteiger partial charge in [0.2, 0.25) is 0 Å². The topological polar surface area (TPSA) is 55.6 Å². The number of hydrogen-bond acceptors (Lipinski definition) is 4. The Balaban J connectivity index is 1.74. The summed E-state index contributed by atoms with van der Waals surface area (Å²) in [6.07, 6.45) is -2.60. The Bertz CT molecular complexity index is 859. The number of hydrogen-bond donors (Lipinski definition) is 0. The second-order valence-corrected chi connectivity index (χ2v) is 7.24. The highest BCUT2D eigenvalue weighted by atomic mass is 19.4. The van der Waals surface area contributed by atoms with Crippen molar-refractivity contribution < 1.29 is 27.1 Å². The van der Waals surface area contributed by atoms with E-state index in [2.05, 4.69) is 4.98 Å². The van der Waals surface area contributed by atoms with Crippen molar-refractivity contribution in [1.82, 2.24) is 9.88 Å². The van der Waals surface area contributed by atoms with E-state index in [1.165, 1.54) is 4.90 Å². The molecule has 1 unspecified atom stereocenters. The third-order valence-electron chi connectivity index (χ3n) is 5.02. The minimum Gasteiger partial charge on any atom is -0.444 e. The van der Waals surface area contributed by atoms with E-state index in [4.69, 9.17) is 9.15 Å². The van der Waals surface area contributed by atoms with E-state index in [0.29, 0.717) is 5.56 Å². The van der Waals surface area contributed by atoms with Crippen LogP contribution in [0.15, 0.2) is 16.5 Å². The number of amides is 1. The van der Waals surface area contributed by atoms with Crippen LogP contribution in [0.5, 0.6) is 0 Å². The average Bonchev–Trinajstić information content (AvgIpc) is 3.22. The molecule has 0 N–H and O–H groups in total. The van der Waals surface area contributed by atoms with Crippen molar-refractivity contribution >= 4 is 17.2 Å². The predicted octanol–water partition coefficient (Wildman–Crippen LogP) is 4.84. The summed E-state index contributed by atoms with van der Waals surface area (Å²) in [6, 6.07) is 2.55. The van der Waals surface area contributed by atoms with E-state index in [1.54, 1.807) is 19.9 Å². The molecule has 26 heavy (non-hydrogen) atoms. The van der Waals surface area contributed by atoms with Gasteiger partial charge in [-0.05, 0) is 37.0 Å². The minimum absolute atomic E-state index is 0.0592. The van der Waals surface area contributed by atoms with Crippen LogP contribution in [0.4, 0.5) is 18.0 Å². The van der Waals surface area contributed by atoms with Gasteiger partial charge in [0.1, 0.15) is 17.2 Å². The largest absolute Gasteiger partial charge is 0.444 e. The van der Waals surface area contributed by atoms with Gasteiger partial charge in [-0.2, -0.15) is 13.2 Å². The quantitative estimate of drug-likeness (QED) is 0.778. The summed E-state index contributed by atoms with van der Waals surface area (Å²) >= 11 is 0. The number of carbonyl (C=O) groups is 1. The number of oxazole rings is 1. The number of ether oxygens (including phenoxy) is 1. The molecule has 0 bridgehead atoms. The van der Waals surface area contributed by atoms with Crippen molar-refractivity contribution in [3.63, 3.8) is 0 Å². The molecule has 0 radical (unpaired) electrons. The van der Waals surface area contributed by atoms with Gasteiger partial charge in [0.25, 0.3) is 0 Å². The maximum atomic E-state index is 13.5. The lowest BCUT2D eigenvalue weighted by molar-refractivity contribution is -0.136. The smallest absolute Gasteiger partial charge is 0.420 e. The molecule has 2 heterocycles. The molecular weight excluding hydrogens is 349 g/mol. The lowest BCUT2D eigenvalue weighted by Crippen LogP contribution is -2.33. The van der Waals surface area contributed by atoms with Crippen LogP contribution in [0, 0.1) is 0 Å². The predicted molar refractivity (Wildman–Crippen MR) is 86.6 cm³/mol. The maximum absolute atomic E-state index is 13.5. The summed E-state index contributed by atoms with van der Waals surface area (Å²) in [5.41, 5.74) is -0.584. The Morgan fingerprint density at radius 3 is 2.77 bits per heavy atom. The van der Waals surface area contributed by atoms with E-state index < -0.39 is 17.8 Å². The van der Waals surface area contributed by atoms with Gasteiger partial charge in [0.15, 0.2) is 11.5 Å². The van der Waals surface area contributed by atoms with Crippen LogP contribution in [0.3, 0.4) is 0 Å². The summed E-state index contributed by atoms with van der Waals surface area (Å²) < 4.78 is 51.2. The molecule has 1 amide bonds. The summed E-state index contributed by atoms with van der Waals surface area (Å²) in [7, 11) is 0. The van der Waals surface area contributed by atoms with E-state index in [1.807, 2.05) is 0 Å². The zero-order valence-corrected chi connectivity index (χ0v) is 14.5. The fraction of sp³-hybridized carbons (Fsp3) is 0.556. The minimum atomic E-state index is -4.57. The third-order valence-corrected chi connectivity index (χ3v) is 5.02. The standard InChI is InChI=1S/C18H19F3N2O3/c1-9(2)16-22-12-7-10(6-11(15(12)26-16)18(19,20)21)8-23-13-4-3-5-14(13)25-17(23)24/h6-7,9,13-14H,3-5,8H2,1-2H3/t13?,14-/m1/s1. The molecule has 1 aromatic heterocycles. The lowest BCUT2D eigenvalue weighted by atomic mass is 10.1. The molecule has 4 rings (SSSR count). The lowest BCUT2D eigenvalue weighted by Gasteiger charge is -2.20. The second kappa shape index (κ2) is 5.89. The highest BCUT2D eigenvalue weighted by molar-refractivity contribution is 5.78. The van der Waals surface area contributed by atoms with Crippen molar-refractivity contribution in [2.45, 2.75) is 63.9 Å². The molecule has 2 fully saturated rings. The number of aromatic nitrogens is 1. The molecular formula is C18H19F3N2O3. The average molecular weight is 368 g/mol. The molecule has 2 atom stereocenters. The molecule has 1 saturated carbocycles. The van der Waals surface area contributed by atoms with Gasteiger partial charge in [-0.3, -0.25) is 4.90 Å². The zero-order valence-electron chi connectivity index (χ0n) is 14.5. The van der Waals surface area contributed by atoms with Crippen LogP contribution >= 0.6 is 0 Å². The van der Waals surface area contributed by atoms with E-state index >= 15 is 0 Å². The second-order valence-electron chi connectivity index (χ2n) is 7.24. The van der Waals surface area contributed by atoms with Crippen molar-refractivity contribution in [2.24, 2.45) is 0 Å². The van der Waals surface area contributed by atoms with Crippen molar-refractivity contribution in [3.8, 4) is 0 Å². The first kappa shape index (κ1) is 17.2. The number of nitrogens with zero attached hydrogens (tertiary/aromatic N) is 2. The fourth-order valence-electron chi connectivity index (χ4n) is 3.77. The van der Waals surface area contributed by atoms with Gasteiger partial charge >= 0.3 is 12.3 Å². The number of alkyl halides is 3. The van der Waals surface area contributed by atoms with E-state index in [9.17, 15) is 18.0 Å². The van der Waals surface area contributed by atoms with Gasteiger partial charge in [0.05, 0.1) is 6.04 Å². The van der Waals surface area contributed by atoms with Crippen LogP contribution in [0.1, 0.15) is 56.0 Å². The van der Waals surface area contributed by atoms with Crippen LogP contribution in [-0.2, 0) is 17.5 Å². The Morgan fingerprint density at radius 2 is 2.08 bits per heavy atom. The number of fused-ring (bicyclic) bond motifs is 2. The normalized spacial score (nSPS) is 23.2. The van der Waals surface area contributed by atoms with Crippen LogP contribution in [0.25, 0.3) is 11.1 Å². The van der Waals surface area contributed by atoms with Gasteiger partial charge < -0.3 is 9.15 Å². The first-order valence-electron chi connectivity index (χ1n) is 8.72. The first-order chi connectivity index (χ1) is 12.2. The third kappa shape index (κ3) is 2.81. The van der Waals surface area contributed by atoms with Crippen LogP contribution in [0.2, 0.25) is 0 Å². The highest BCUT2D eigenvalue weighted by Gasteiger charge is 2.44. The number of rotatable bonds is 3. The monoisotopic (exact) mass is 368 g/mol. The Hall–Kier alpha value is -2.25. The summed E-state index contributed by atoms with van der Waals surface area (Å²) in [5.74, 6) is 0.138. The highest BCUT2D eigenvalue weighted by Crippen LogP contribution is 2.39. The van der Waals surface area contributed by atoms with Crippen molar-refractivity contribution in [2.75, 3.05) is 0 Å². The summed E-state index contributed by atoms with van der Waals surface area (Å²) in [4.78, 5) is 17.8. The zero-order chi connectivity index (χ0) is 18.6. The van der Waals surface area contributed by atoms with Crippen LogP contribution in [-0.4, -0.2) is 28.1 Å².